The summed E-state index contributed by atoms with van der Waals surface area (Å²) in [5, 5.41) is 8.46. The fraction of sp³-hybridized carbons (Fsp3) is 0.667. The number of carbonyl (C=O) groups is 1. The summed E-state index contributed by atoms with van der Waals surface area (Å²) in [6, 6.07) is 1.77. The number of hydrogen-bond donors (Lipinski definition) is 0. The number of amides is 1. The average molecular weight is 330 g/mol. The number of carbonyl (C=O) groups excluding carboxylic acids is 1. The van der Waals surface area contributed by atoms with Gasteiger partial charge in [-0.05, 0) is 11.9 Å². The van der Waals surface area contributed by atoms with Gasteiger partial charge in [0.15, 0.2) is 4.84 Å². The van der Waals surface area contributed by atoms with E-state index in [0.717, 1.165) is 4.31 Å². The van der Waals surface area contributed by atoms with Crippen LogP contribution in [0, 0.1) is 11.3 Å². The Hall–Kier alpha value is 0.760. The molecule has 0 aliphatic heterocycles. The van der Waals surface area contributed by atoms with Crippen molar-refractivity contribution in [3.05, 3.63) is 0 Å². The Kier molecular flexibility index (Phi) is 7.52. The molecule has 0 saturated carbocycles. The molecule has 86 valence electrons. The number of rotatable bonds is 5. The maximum atomic E-state index is 11.2. The molecule has 0 heterocycles. The molecule has 9 heteroatoms. The van der Waals surface area contributed by atoms with Crippen LogP contribution in [0.1, 0.15) is 0 Å². The molecule has 0 rings (SSSR count). The Morgan fingerprint density at radius 3 is 2.40 bits per heavy atom. The predicted octanol–water partition coefficient (Wildman–Crippen LogP) is 3.16. The van der Waals surface area contributed by atoms with Gasteiger partial charge in [-0.25, -0.2) is 0 Å². The van der Waals surface area contributed by atoms with Crippen LogP contribution in [0.25, 0.3) is 0 Å². The van der Waals surface area contributed by atoms with Crippen LogP contribution in [-0.2, 0) is 4.79 Å². The topological polar surface area (TPSA) is 44.1 Å². The van der Waals surface area contributed by atoms with Crippen LogP contribution in [0.5, 0.6) is 0 Å². The molecule has 0 aliphatic rings. The van der Waals surface area contributed by atoms with Gasteiger partial charge in [-0.15, -0.1) is 34.8 Å². The van der Waals surface area contributed by atoms with Crippen molar-refractivity contribution in [2.24, 2.45) is 0 Å². The van der Waals surface area contributed by atoms with Gasteiger partial charge in [-0.1, -0.05) is 23.2 Å². The van der Waals surface area contributed by atoms with E-state index < -0.39 is 14.4 Å². The van der Waals surface area contributed by atoms with E-state index >= 15 is 0 Å². The van der Waals surface area contributed by atoms with Crippen molar-refractivity contribution in [1.82, 2.24) is 4.31 Å². The molecule has 1 amide bonds. The fourth-order valence-electron chi connectivity index (χ4n) is 0.489. The molecular formula is C6H5Cl5N2OS. The minimum Gasteiger partial charge on any atom is -0.273 e. The standard InChI is InChI=1S/C6H5Cl5N2OS/c7-3-4(14)13(2-1-12)15-6(10,11)5(8)9/h5H,2-3H2. The second kappa shape index (κ2) is 7.16. The highest BCUT2D eigenvalue weighted by Crippen LogP contribution is 2.44. The molecule has 0 atom stereocenters. The zero-order chi connectivity index (χ0) is 12.1. The summed E-state index contributed by atoms with van der Waals surface area (Å²) in [7, 11) is 0. The number of alkyl halides is 5. The maximum Gasteiger partial charge on any atom is 0.248 e. The van der Waals surface area contributed by atoms with Crippen molar-refractivity contribution >= 4 is 75.9 Å². The lowest BCUT2D eigenvalue weighted by Crippen LogP contribution is -2.32. The van der Waals surface area contributed by atoms with E-state index in [1.807, 2.05) is 0 Å². The van der Waals surface area contributed by atoms with Crippen molar-refractivity contribution < 1.29 is 4.79 Å². The Bertz CT molecular complexity index is 267. The predicted molar refractivity (Wildman–Crippen MR) is 65.6 cm³/mol. The van der Waals surface area contributed by atoms with Gasteiger partial charge in [-0.3, -0.25) is 9.10 Å². The summed E-state index contributed by atoms with van der Waals surface area (Å²) in [6.45, 7) is -0.210. The first-order valence-corrected chi connectivity index (χ1v) is 6.37. The molecule has 0 aromatic rings. The first-order valence-electron chi connectivity index (χ1n) is 3.43. The van der Waals surface area contributed by atoms with E-state index in [1.165, 1.54) is 0 Å². The van der Waals surface area contributed by atoms with Crippen LogP contribution < -0.4 is 0 Å². The molecule has 0 radical (unpaired) electrons. The second-order valence-corrected chi connectivity index (χ2v) is 6.64. The van der Waals surface area contributed by atoms with Crippen molar-refractivity contribution in [2.45, 2.75) is 8.50 Å². The van der Waals surface area contributed by atoms with Crippen LogP contribution >= 0.6 is 70.0 Å². The van der Waals surface area contributed by atoms with Gasteiger partial charge in [-0.2, -0.15) is 5.26 Å². The van der Waals surface area contributed by atoms with Crippen LogP contribution in [0.4, 0.5) is 0 Å². The average Bonchev–Trinajstić information content (AvgIpc) is 2.15. The second-order valence-electron chi connectivity index (χ2n) is 2.18. The SMILES string of the molecule is N#CCN(SC(Cl)(Cl)C(Cl)Cl)C(=O)CCl. The Balaban J connectivity index is 4.55. The first-order chi connectivity index (χ1) is 6.85. The lowest BCUT2D eigenvalue weighted by atomic mass is 10.6. The van der Waals surface area contributed by atoms with Crippen molar-refractivity contribution in [3.8, 4) is 6.07 Å². The van der Waals surface area contributed by atoms with E-state index in [-0.39, 0.29) is 12.4 Å². The number of hydrogen-bond acceptors (Lipinski definition) is 3. The van der Waals surface area contributed by atoms with E-state index in [2.05, 4.69) is 0 Å². The Morgan fingerprint density at radius 2 is 2.07 bits per heavy atom. The number of halogens is 5. The monoisotopic (exact) mass is 328 g/mol. The molecule has 0 N–H and O–H groups in total. The molecule has 0 aliphatic carbocycles. The molecule has 0 fully saturated rings. The molecule has 15 heavy (non-hydrogen) atoms. The fourth-order valence-corrected chi connectivity index (χ4v) is 2.11. The molecular weight excluding hydrogens is 325 g/mol. The molecule has 0 spiro atoms. The van der Waals surface area contributed by atoms with Crippen molar-refractivity contribution in [1.29, 1.82) is 5.26 Å². The first kappa shape index (κ1) is 15.8. The number of nitriles is 1. The van der Waals surface area contributed by atoms with E-state index in [0.29, 0.717) is 11.9 Å². The minimum atomic E-state index is -1.61. The van der Waals surface area contributed by atoms with E-state index in [9.17, 15) is 4.79 Å². The van der Waals surface area contributed by atoms with Gasteiger partial charge >= 0.3 is 0 Å². The summed E-state index contributed by atoms with van der Waals surface area (Å²) in [5.41, 5.74) is 0. The van der Waals surface area contributed by atoms with Crippen LogP contribution in [0.3, 0.4) is 0 Å². The van der Waals surface area contributed by atoms with Gasteiger partial charge in [0, 0.05) is 0 Å². The summed E-state index contributed by atoms with van der Waals surface area (Å²) in [5.74, 6) is -0.781. The minimum absolute atomic E-state index is 0.210. The van der Waals surface area contributed by atoms with Crippen LogP contribution in [0.2, 0.25) is 0 Å². The summed E-state index contributed by atoms with van der Waals surface area (Å²) < 4.78 is -0.605. The number of nitrogens with zero attached hydrogens (tertiary/aromatic N) is 2. The third kappa shape index (κ3) is 5.58. The van der Waals surface area contributed by atoms with Gasteiger partial charge in [0.25, 0.3) is 0 Å². The third-order valence-electron chi connectivity index (χ3n) is 1.09. The Morgan fingerprint density at radius 1 is 1.53 bits per heavy atom. The normalized spacial score (nSPS) is 11.3. The van der Waals surface area contributed by atoms with Crippen molar-refractivity contribution in [3.63, 3.8) is 0 Å². The largest absolute Gasteiger partial charge is 0.273 e. The van der Waals surface area contributed by atoms with E-state index in [1.54, 1.807) is 6.07 Å². The summed E-state index contributed by atoms with van der Waals surface area (Å²) in [6.07, 6.45) is 0. The lowest BCUT2D eigenvalue weighted by molar-refractivity contribution is -0.123. The smallest absolute Gasteiger partial charge is 0.248 e. The summed E-state index contributed by atoms with van der Waals surface area (Å²) in [4.78, 5) is 10.1. The van der Waals surface area contributed by atoms with Gasteiger partial charge < -0.3 is 0 Å². The van der Waals surface area contributed by atoms with Crippen LogP contribution in [-0.4, -0.2) is 31.1 Å². The quantitative estimate of drug-likeness (QED) is 0.442. The summed E-state index contributed by atoms with van der Waals surface area (Å²) >= 11 is 28.4. The zero-order valence-electron chi connectivity index (χ0n) is 7.09. The highest BCUT2D eigenvalue weighted by molar-refractivity contribution is 8.01. The molecule has 0 bridgehead atoms. The molecule has 3 nitrogen and oxygen atoms in total. The van der Waals surface area contributed by atoms with Gasteiger partial charge in [0.1, 0.15) is 12.4 Å². The molecule has 0 aromatic heterocycles. The maximum absolute atomic E-state index is 11.2. The highest BCUT2D eigenvalue weighted by atomic mass is 35.5. The van der Waals surface area contributed by atoms with Crippen LogP contribution in [0.15, 0.2) is 0 Å². The van der Waals surface area contributed by atoms with Gasteiger partial charge in [0.2, 0.25) is 9.57 Å². The highest BCUT2D eigenvalue weighted by Gasteiger charge is 2.37. The molecule has 0 saturated heterocycles. The van der Waals surface area contributed by atoms with Gasteiger partial charge in [0.05, 0.1) is 6.07 Å². The molecule has 0 unspecified atom stereocenters. The zero-order valence-corrected chi connectivity index (χ0v) is 11.7. The molecule has 0 aromatic carbocycles. The van der Waals surface area contributed by atoms with E-state index in [4.69, 9.17) is 63.3 Å². The lowest BCUT2D eigenvalue weighted by Gasteiger charge is -2.26. The Labute approximate surface area is 117 Å². The third-order valence-corrected chi connectivity index (χ3v) is 4.56. The van der Waals surface area contributed by atoms with Crippen molar-refractivity contribution in [2.75, 3.05) is 12.4 Å².